The maximum Gasteiger partial charge on any atom is 0.257 e. The zero-order valence-corrected chi connectivity index (χ0v) is 14.1. The van der Waals surface area contributed by atoms with E-state index in [9.17, 15) is 4.79 Å². The second kappa shape index (κ2) is 6.03. The fourth-order valence-electron chi connectivity index (χ4n) is 4.24. The highest BCUT2D eigenvalue weighted by atomic mass is 16.2. The lowest BCUT2D eigenvalue weighted by Crippen LogP contribution is -2.48. The van der Waals surface area contributed by atoms with E-state index in [0.717, 1.165) is 37.9 Å². The van der Waals surface area contributed by atoms with Gasteiger partial charge >= 0.3 is 0 Å². The molecule has 5 heteroatoms. The molecule has 1 aromatic rings. The Morgan fingerprint density at radius 2 is 2.14 bits per heavy atom. The summed E-state index contributed by atoms with van der Waals surface area (Å²) in [4.78, 5) is 17.6. The first-order valence-corrected chi connectivity index (χ1v) is 8.56. The molecule has 1 amide bonds. The Morgan fingerprint density at radius 1 is 1.41 bits per heavy atom. The number of hydrogen-bond acceptors (Lipinski definition) is 3. The number of likely N-dealkylation sites (tertiary alicyclic amines) is 1. The first kappa shape index (κ1) is 15.5. The maximum absolute atomic E-state index is 13.0. The fraction of sp³-hybridized carbons (Fsp3) is 0.765. The summed E-state index contributed by atoms with van der Waals surface area (Å²) in [5.74, 6) is 0.169. The number of aromatic nitrogens is 2. The zero-order chi connectivity index (χ0) is 15.7. The van der Waals surface area contributed by atoms with Crippen LogP contribution >= 0.6 is 0 Å². The molecule has 1 saturated carbocycles. The third kappa shape index (κ3) is 2.67. The molecule has 0 bridgehead atoms. The van der Waals surface area contributed by atoms with Crippen LogP contribution in [0, 0.1) is 0 Å². The molecule has 22 heavy (non-hydrogen) atoms. The largest absolute Gasteiger partial charge is 0.331 e. The lowest BCUT2D eigenvalue weighted by molar-refractivity contribution is 0.0499. The van der Waals surface area contributed by atoms with Crippen molar-refractivity contribution in [2.75, 3.05) is 20.1 Å². The van der Waals surface area contributed by atoms with Gasteiger partial charge in [-0.1, -0.05) is 26.2 Å². The van der Waals surface area contributed by atoms with Crippen molar-refractivity contribution >= 4 is 5.91 Å². The van der Waals surface area contributed by atoms with E-state index in [1.54, 1.807) is 10.9 Å². The minimum atomic E-state index is 0.0826. The van der Waals surface area contributed by atoms with Crippen molar-refractivity contribution in [1.29, 1.82) is 0 Å². The van der Waals surface area contributed by atoms with E-state index in [0.29, 0.717) is 6.04 Å². The molecular weight excluding hydrogens is 276 g/mol. The van der Waals surface area contributed by atoms with Crippen molar-refractivity contribution in [1.82, 2.24) is 19.6 Å². The van der Waals surface area contributed by atoms with Gasteiger partial charge < -0.3 is 9.80 Å². The second-order valence-corrected chi connectivity index (χ2v) is 7.03. The van der Waals surface area contributed by atoms with Crippen LogP contribution in [0.25, 0.3) is 0 Å². The number of aryl methyl sites for hydroxylation is 1. The molecule has 2 heterocycles. The SMILES string of the molecule is CCN(C)[C@H]1CN(C(=O)c2cnn(C)c2)C2(CCCCC2)C1. The van der Waals surface area contributed by atoms with Crippen molar-refractivity contribution in [3.05, 3.63) is 18.0 Å². The van der Waals surface area contributed by atoms with Crippen molar-refractivity contribution < 1.29 is 4.79 Å². The monoisotopic (exact) mass is 304 g/mol. The predicted molar refractivity (Wildman–Crippen MR) is 86.8 cm³/mol. The van der Waals surface area contributed by atoms with E-state index >= 15 is 0 Å². The van der Waals surface area contributed by atoms with Gasteiger partial charge in [0.2, 0.25) is 0 Å². The molecule has 1 saturated heterocycles. The van der Waals surface area contributed by atoms with Crippen molar-refractivity contribution in [3.8, 4) is 0 Å². The molecule has 1 spiro atoms. The van der Waals surface area contributed by atoms with Crippen LogP contribution in [0.1, 0.15) is 55.8 Å². The molecule has 1 aliphatic carbocycles. The molecule has 2 aliphatic rings. The molecule has 122 valence electrons. The number of amides is 1. The number of rotatable bonds is 3. The highest BCUT2D eigenvalue weighted by molar-refractivity contribution is 5.94. The summed E-state index contributed by atoms with van der Waals surface area (Å²) in [5, 5.41) is 4.17. The third-order valence-corrected chi connectivity index (χ3v) is 5.68. The molecule has 1 aromatic heterocycles. The summed E-state index contributed by atoms with van der Waals surface area (Å²) >= 11 is 0. The molecule has 0 radical (unpaired) electrons. The standard InChI is InChI=1S/C17H28N4O/c1-4-19(2)15-10-17(8-6-5-7-9-17)21(13-15)16(22)14-11-18-20(3)12-14/h11-12,15H,4-10,13H2,1-3H3/t15-/m1/s1. The Balaban J connectivity index is 1.86. The highest BCUT2D eigenvalue weighted by Crippen LogP contribution is 2.43. The van der Waals surface area contributed by atoms with Gasteiger partial charge in [0.25, 0.3) is 5.91 Å². The third-order valence-electron chi connectivity index (χ3n) is 5.68. The van der Waals surface area contributed by atoms with Gasteiger partial charge in [-0.05, 0) is 32.9 Å². The quantitative estimate of drug-likeness (QED) is 0.860. The zero-order valence-electron chi connectivity index (χ0n) is 14.1. The van der Waals surface area contributed by atoms with Crippen LogP contribution in [0.4, 0.5) is 0 Å². The Bertz CT molecular complexity index is 533. The summed E-state index contributed by atoms with van der Waals surface area (Å²) in [7, 11) is 4.05. The Kier molecular flexibility index (Phi) is 4.26. The Morgan fingerprint density at radius 3 is 2.73 bits per heavy atom. The van der Waals surface area contributed by atoms with Crippen molar-refractivity contribution in [2.24, 2.45) is 7.05 Å². The van der Waals surface area contributed by atoms with E-state index in [1.165, 1.54) is 19.3 Å². The normalized spacial score (nSPS) is 24.4. The van der Waals surface area contributed by atoms with Crippen LogP contribution in [-0.4, -0.2) is 57.2 Å². The van der Waals surface area contributed by atoms with Crippen LogP contribution < -0.4 is 0 Å². The Hall–Kier alpha value is -1.36. The highest BCUT2D eigenvalue weighted by Gasteiger charge is 2.49. The van der Waals surface area contributed by atoms with Gasteiger partial charge in [-0.3, -0.25) is 9.48 Å². The van der Waals surface area contributed by atoms with Crippen molar-refractivity contribution in [2.45, 2.75) is 57.0 Å². The van der Waals surface area contributed by atoms with Gasteiger partial charge in [0.15, 0.2) is 0 Å². The fourth-order valence-corrected chi connectivity index (χ4v) is 4.24. The van der Waals surface area contributed by atoms with E-state index in [2.05, 4.69) is 28.9 Å². The number of hydrogen-bond donors (Lipinski definition) is 0. The molecule has 1 atom stereocenters. The average Bonchev–Trinajstić information content (AvgIpc) is 3.11. The van der Waals surface area contributed by atoms with Crippen LogP contribution in [0.2, 0.25) is 0 Å². The van der Waals surface area contributed by atoms with Gasteiger partial charge in [-0.15, -0.1) is 0 Å². The molecule has 2 fully saturated rings. The molecule has 0 unspecified atom stereocenters. The number of carbonyl (C=O) groups excluding carboxylic acids is 1. The van der Waals surface area contributed by atoms with E-state index in [1.807, 2.05) is 13.2 Å². The van der Waals surface area contributed by atoms with Gasteiger partial charge in [0.1, 0.15) is 0 Å². The van der Waals surface area contributed by atoms with Gasteiger partial charge in [0.05, 0.1) is 11.8 Å². The van der Waals surface area contributed by atoms with Crippen LogP contribution in [0.3, 0.4) is 0 Å². The molecule has 0 N–H and O–H groups in total. The van der Waals surface area contributed by atoms with E-state index in [-0.39, 0.29) is 11.4 Å². The van der Waals surface area contributed by atoms with Crippen LogP contribution in [0.5, 0.6) is 0 Å². The van der Waals surface area contributed by atoms with E-state index < -0.39 is 0 Å². The number of carbonyl (C=O) groups is 1. The van der Waals surface area contributed by atoms with Crippen molar-refractivity contribution in [3.63, 3.8) is 0 Å². The first-order chi connectivity index (χ1) is 10.6. The Labute approximate surface area is 133 Å². The molecule has 1 aliphatic heterocycles. The number of nitrogens with zero attached hydrogens (tertiary/aromatic N) is 4. The summed E-state index contributed by atoms with van der Waals surface area (Å²) in [6.45, 7) is 4.09. The predicted octanol–water partition coefficient (Wildman–Crippen LogP) is 2.29. The maximum atomic E-state index is 13.0. The van der Waals surface area contributed by atoms with E-state index in [4.69, 9.17) is 0 Å². The first-order valence-electron chi connectivity index (χ1n) is 8.56. The lowest BCUT2D eigenvalue weighted by atomic mass is 9.79. The molecule has 0 aromatic carbocycles. The minimum Gasteiger partial charge on any atom is -0.331 e. The van der Waals surface area contributed by atoms with Gasteiger partial charge in [-0.25, -0.2) is 0 Å². The topological polar surface area (TPSA) is 41.4 Å². The minimum absolute atomic E-state index is 0.0826. The summed E-state index contributed by atoms with van der Waals surface area (Å²) < 4.78 is 1.71. The lowest BCUT2D eigenvalue weighted by Gasteiger charge is -2.41. The van der Waals surface area contributed by atoms with Crippen LogP contribution in [0.15, 0.2) is 12.4 Å². The smallest absolute Gasteiger partial charge is 0.257 e. The molecule has 3 rings (SSSR count). The summed E-state index contributed by atoms with van der Waals surface area (Å²) in [5.41, 5.74) is 0.812. The number of likely N-dealkylation sites (N-methyl/N-ethyl adjacent to an activating group) is 1. The second-order valence-electron chi connectivity index (χ2n) is 7.03. The summed E-state index contributed by atoms with van der Waals surface area (Å²) in [6.07, 6.45) is 10.8. The summed E-state index contributed by atoms with van der Waals surface area (Å²) in [6, 6.07) is 0.490. The van der Waals surface area contributed by atoms with Gasteiger partial charge in [-0.2, -0.15) is 5.10 Å². The average molecular weight is 304 g/mol. The molecular formula is C17H28N4O. The van der Waals surface area contributed by atoms with Gasteiger partial charge in [0, 0.05) is 31.4 Å². The molecule has 5 nitrogen and oxygen atoms in total. The van der Waals surface area contributed by atoms with Crippen LogP contribution in [-0.2, 0) is 7.05 Å².